The Morgan fingerprint density at radius 1 is 0.676 bits per heavy atom. The molecule has 1 aliphatic carbocycles. The van der Waals surface area contributed by atoms with E-state index in [0.29, 0.717) is 32.4 Å². The lowest BCUT2D eigenvalue weighted by Crippen LogP contribution is -2.53. The fraction of sp³-hybridized carbons (Fsp3) is 0.846. The third kappa shape index (κ3) is 10.6. The number of aliphatic imine (C=N–C) groups is 4. The molecular weight excluding hydrogens is 432 g/mol. The molecule has 8 nitrogen and oxygen atoms in total. The minimum Gasteiger partial charge on any atom is -0.211 e. The summed E-state index contributed by atoms with van der Waals surface area (Å²) in [6.07, 6.45) is 19.0. The molecule has 0 amide bonds. The van der Waals surface area contributed by atoms with Gasteiger partial charge in [-0.2, -0.15) is 9.98 Å². The van der Waals surface area contributed by atoms with Gasteiger partial charge in [-0.1, -0.05) is 72.1 Å². The average Bonchev–Trinajstić information content (AvgIpc) is 2.76. The van der Waals surface area contributed by atoms with Crippen molar-refractivity contribution in [3.8, 4) is 0 Å². The molecule has 0 radical (unpaired) electrons. The molecule has 0 N–H and O–H groups in total. The van der Waals surface area contributed by atoms with Crippen LogP contribution in [0.4, 0.5) is 0 Å². The Hall–Kier alpha value is -2.48. The molecule has 0 aromatic rings. The van der Waals surface area contributed by atoms with E-state index in [1.807, 2.05) is 6.92 Å². The minimum absolute atomic E-state index is 0.165. The van der Waals surface area contributed by atoms with Crippen LogP contribution in [0.5, 0.6) is 0 Å². The van der Waals surface area contributed by atoms with E-state index >= 15 is 0 Å². The Morgan fingerprint density at radius 2 is 1.26 bits per heavy atom. The highest BCUT2D eigenvalue weighted by atomic mass is 16.1. The van der Waals surface area contributed by atoms with Crippen molar-refractivity contribution in [2.45, 2.75) is 116 Å². The van der Waals surface area contributed by atoms with Gasteiger partial charge in [0, 0.05) is 0 Å². The third-order valence-electron chi connectivity index (χ3n) is 6.86. The molecule has 0 spiro atoms. The topological polar surface area (TPSA) is 118 Å². The molecule has 188 valence electrons. The second-order valence-corrected chi connectivity index (χ2v) is 10.9. The van der Waals surface area contributed by atoms with Crippen LogP contribution in [0.15, 0.2) is 20.0 Å². The summed E-state index contributed by atoms with van der Waals surface area (Å²) in [6, 6.07) is -0.445. The van der Waals surface area contributed by atoms with Crippen molar-refractivity contribution in [2.75, 3.05) is 13.1 Å². The summed E-state index contributed by atoms with van der Waals surface area (Å²) < 4.78 is 0. The molecule has 0 bridgehead atoms. The van der Waals surface area contributed by atoms with Crippen molar-refractivity contribution in [2.24, 2.45) is 30.8 Å². The van der Waals surface area contributed by atoms with Gasteiger partial charge in [-0.25, -0.2) is 29.2 Å². The fourth-order valence-electron chi connectivity index (χ4n) is 6.05. The van der Waals surface area contributed by atoms with E-state index in [0.717, 1.165) is 51.4 Å². The van der Waals surface area contributed by atoms with Gasteiger partial charge in [0.25, 0.3) is 0 Å². The molecule has 0 heterocycles. The standard InChI is InChI=1S/C26H40N4O4/c1-24(2)15-25(3,18-28-20-32)17-26(16-24,30-22-34)23(29-21-33)13-11-9-7-5-4-6-8-10-12-14-27-19-31/h23H,4-18H2,1-3H3. The fourth-order valence-corrected chi connectivity index (χ4v) is 6.05. The van der Waals surface area contributed by atoms with Gasteiger partial charge < -0.3 is 0 Å². The summed E-state index contributed by atoms with van der Waals surface area (Å²) in [7, 11) is 0. The van der Waals surface area contributed by atoms with Crippen LogP contribution in [0.2, 0.25) is 0 Å². The summed E-state index contributed by atoms with van der Waals surface area (Å²) in [5.41, 5.74) is -1.36. The van der Waals surface area contributed by atoms with E-state index in [1.165, 1.54) is 12.8 Å². The minimum atomic E-state index is -0.845. The van der Waals surface area contributed by atoms with Crippen LogP contribution >= 0.6 is 0 Å². The molecule has 0 aromatic carbocycles. The summed E-state index contributed by atoms with van der Waals surface area (Å²) in [5, 5.41) is 0. The van der Waals surface area contributed by atoms with Gasteiger partial charge in [0.2, 0.25) is 24.3 Å². The first-order valence-electron chi connectivity index (χ1n) is 12.5. The first-order chi connectivity index (χ1) is 16.3. The molecule has 1 rings (SSSR count). The number of hydrogen-bond acceptors (Lipinski definition) is 8. The third-order valence-corrected chi connectivity index (χ3v) is 6.86. The van der Waals surface area contributed by atoms with Gasteiger partial charge in [0.1, 0.15) is 0 Å². The van der Waals surface area contributed by atoms with Crippen LogP contribution in [-0.2, 0) is 19.2 Å². The van der Waals surface area contributed by atoms with Crippen molar-refractivity contribution in [1.82, 2.24) is 0 Å². The Bertz CT molecular complexity index is 819. The van der Waals surface area contributed by atoms with E-state index in [1.54, 1.807) is 24.3 Å². The van der Waals surface area contributed by atoms with Crippen molar-refractivity contribution in [3.63, 3.8) is 0 Å². The lowest BCUT2D eigenvalue weighted by Gasteiger charge is -2.52. The van der Waals surface area contributed by atoms with E-state index in [-0.39, 0.29) is 10.8 Å². The Labute approximate surface area is 203 Å². The van der Waals surface area contributed by atoms with Gasteiger partial charge in [-0.15, -0.1) is 0 Å². The predicted molar refractivity (Wildman–Crippen MR) is 131 cm³/mol. The number of isocyanates is 4. The maximum absolute atomic E-state index is 11.5. The van der Waals surface area contributed by atoms with Gasteiger partial charge in [-0.3, -0.25) is 0 Å². The summed E-state index contributed by atoms with van der Waals surface area (Å²) in [4.78, 5) is 59.3. The van der Waals surface area contributed by atoms with Gasteiger partial charge in [0.15, 0.2) is 0 Å². The van der Waals surface area contributed by atoms with Gasteiger partial charge in [0.05, 0.1) is 24.7 Å². The molecule has 0 saturated heterocycles. The van der Waals surface area contributed by atoms with Crippen molar-refractivity contribution in [3.05, 3.63) is 0 Å². The zero-order valence-electron chi connectivity index (χ0n) is 21.1. The molecule has 0 aromatic heterocycles. The Balaban J connectivity index is 2.66. The second-order valence-electron chi connectivity index (χ2n) is 10.9. The summed E-state index contributed by atoms with van der Waals surface area (Å²) in [6.45, 7) is 7.14. The Morgan fingerprint density at radius 3 is 1.82 bits per heavy atom. The summed E-state index contributed by atoms with van der Waals surface area (Å²) in [5.74, 6) is 0. The van der Waals surface area contributed by atoms with E-state index in [9.17, 15) is 19.2 Å². The maximum atomic E-state index is 11.5. The number of rotatable bonds is 17. The zero-order valence-corrected chi connectivity index (χ0v) is 21.1. The number of nitrogens with zero attached hydrogens (tertiary/aromatic N) is 4. The van der Waals surface area contributed by atoms with Crippen LogP contribution in [0.25, 0.3) is 0 Å². The maximum Gasteiger partial charge on any atom is 0.235 e. The quantitative estimate of drug-likeness (QED) is 0.156. The van der Waals surface area contributed by atoms with E-state index < -0.39 is 11.6 Å². The van der Waals surface area contributed by atoms with E-state index in [4.69, 9.17) is 0 Å². The lowest BCUT2D eigenvalue weighted by molar-refractivity contribution is 0.0298. The van der Waals surface area contributed by atoms with Crippen LogP contribution in [0.1, 0.15) is 104 Å². The van der Waals surface area contributed by atoms with Crippen molar-refractivity contribution >= 4 is 24.3 Å². The molecule has 3 atom stereocenters. The monoisotopic (exact) mass is 472 g/mol. The SMILES string of the molecule is CC1(C)CC(C)(CN=C=O)CC(N=C=O)(C(CCCCCCCCCCCN=C=O)N=C=O)C1. The highest BCUT2D eigenvalue weighted by molar-refractivity contribution is 5.39. The normalized spacial score (nSPS) is 24.0. The largest absolute Gasteiger partial charge is 0.235 e. The number of unbranched alkanes of at least 4 members (excludes halogenated alkanes) is 8. The first kappa shape index (κ1) is 29.6. The Kier molecular flexibility index (Phi) is 13.4. The number of carbonyl (C=O) groups excluding carboxylic acids is 4. The first-order valence-corrected chi connectivity index (χ1v) is 12.5. The van der Waals surface area contributed by atoms with Crippen molar-refractivity contribution in [1.29, 1.82) is 0 Å². The van der Waals surface area contributed by atoms with E-state index in [2.05, 4.69) is 33.8 Å². The molecule has 34 heavy (non-hydrogen) atoms. The smallest absolute Gasteiger partial charge is 0.211 e. The predicted octanol–water partition coefficient (Wildman–Crippen LogP) is 5.55. The lowest BCUT2D eigenvalue weighted by atomic mass is 9.55. The molecule has 8 heteroatoms. The molecule has 1 aliphatic rings. The van der Waals surface area contributed by atoms with Crippen LogP contribution in [0.3, 0.4) is 0 Å². The van der Waals surface area contributed by atoms with Crippen LogP contribution in [-0.4, -0.2) is 49.0 Å². The molecule has 0 aliphatic heterocycles. The molecule has 1 saturated carbocycles. The van der Waals surface area contributed by atoms with Gasteiger partial charge in [-0.05, 0) is 42.9 Å². The highest BCUT2D eigenvalue weighted by Gasteiger charge is 2.53. The van der Waals surface area contributed by atoms with Crippen molar-refractivity contribution < 1.29 is 19.2 Å². The second kappa shape index (κ2) is 15.4. The van der Waals surface area contributed by atoms with Gasteiger partial charge >= 0.3 is 0 Å². The van der Waals surface area contributed by atoms with Crippen LogP contribution in [0, 0.1) is 10.8 Å². The van der Waals surface area contributed by atoms with Crippen LogP contribution < -0.4 is 0 Å². The average molecular weight is 473 g/mol. The number of hydrogen-bond donors (Lipinski definition) is 0. The molecule has 1 fully saturated rings. The highest BCUT2D eigenvalue weighted by Crippen LogP contribution is 2.54. The molecule has 3 unspecified atom stereocenters. The zero-order chi connectivity index (χ0) is 25.3. The molecular formula is C26H40N4O4. The summed E-state index contributed by atoms with van der Waals surface area (Å²) >= 11 is 0.